The summed E-state index contributed by atoms with van der Waals surface area (Å²) >= 11 is 0. The van der Waals surface area contributed by atoms with E-state index in [-0.39, 0.29) is 24.0 Å². The molecule has 8 heteroatoms. The molecule has 0 fully saturated rings. The Bertz CT molecular complexity index is 984. The quantitative estimate of drug-likeness (QED) is 0.241. The minimum absolute atomic E-state index is 0.0136. The summed E-state index contributed by atoms with van der Waals surface area (Å²) in [6.07, 6.45) is 8.54. The van der Waals surface area contributed by atoms with Crippen LogP contribution in [0.25, 0.3) is 0 Å². The number of carbonyl (C=O) groups excluding carboxylic acids is 2. The van der Waals surface area contributed by atoms with E-state index in [0.29, 0.717) is 0 Å². The molecule has 0 saturated carbocycles. The fraction of sp³-hybridized carbons (Fsp3) is 0.435. The van der Waals surface area contributed by atoms with E-state index in [0.717, 1.165) is 61.8 Å². The molecule has 0 bridgehead atoms. The van der Waals surface area contributed by atoms with Crippen molar-refractivity contribution in [2.75, 3.05) is 0 Å². The summed E-state index contributed by atoms with van der Waals surface area (Å²) in [7, 11) is 0. The molecule has 2 heterocycles. The molecule has 3 rings (SSSR count). The number of Topliss-reactive ketones (excluding diaryl/α,β-unsaturated/α-hetero) is 2. The van der Waals surface area contributed by atoms with Crippen molar-refractivity contribution in [3.8, 4) is 0 Å². The highest BCUT2D eigenvalue weighted by atomic mass is 19.1. The largest absolute Gasteiger partial charge is 0.365 e. The third-order valence-corrected chi connectivity index (χ3v) is 5.52. The van der Waals surface area contributed by atoms with Gasteiger partial charge in [-0.25, -0.2) is 4.39 Å². The zero-order chi connectivity index (χ0) is 22.1. The van der Waals surface area contributed by atoms with Gasteiger partial charge in [-0.05, 0) is 60.1 Å². The lowest BCUT2D eigenvalue weighted by atomic mass is 9.89. The molecule has 2 N–H and O–H groups in total. The first-order chi connectivity index (χ1) is 15.1. The predicted molar refractivity (Wildman–Crippen MR) is 114 cm³/mol. The lowest BCUT2D eigenvalue weighted by Gasteiger charge is -2.17. The normalized spacial score (nSPS) is 12.1. The van der Waals surface area contributed by atoms with E-state index in [1.807, 2.05) is 24.4 Å². The van der Waals surface area contributed by atoms with Crippen molar-refractivity contribution in [2.45, 2.75) is 64.2 Å². The van der Waals surface area contributed by atoms with Crippen LogP contribution in [0.4, 0.5) is 4.39 Å². The van der Waals surface area contributed by atoms with Crippen LogP contribution < -0.4 is 0 Å². The minimum atomic E-state index is -0.735. The van der Waals surface area contributed by atoms with Crippen LogP contribution in [0.2, 0.25) is 0 Å². The fourth-order valence-corrected chi connectivity index (χ4v) is 3.95. The van der Waals surface area contributed by atoms with Crippen LogP contribution in [0.5, 0.6) is 0 Å². The summed E-state index contributed by atoms with van der Waals surface area (Å²) in [6.45, 7) is 2.14. The number of hydrogen-bond acceptors (Lipinski definition) is 5. The van der Waals surface area contributed by atoms with Crippen molar-refractivity contribution in [1.82, 2.24) is 25.6 Å². The monoisotopic (exact) mass is 425 g/mol. The number of benzene rings is 1. The second kappa shape index (κ2) is 11.3. The van der Waals surface area contributed by atoms with Crippen molar-refractivity contribution >= 4 is 11.6 Å². The third kappa shape index (κ3) is 6.16. The number of tetrazole rings is 1. The average molecular weight is 426 g/mol. The second-order valence-corrected chi connectivity index (χ2v) is 7.76. The van der Waals surface area contributed by atoms with E-state index < -0.39 is 11.6 Å². The smallest absolute Gasteiger partial charge is 0.269 e. The van der Waals surface area contributed by atoms with E-state index in [9.17, 15) is 14.0 Å². The van der Waals surface area contributed by atoms with Crippen LogP contribution in [0.15, 0.2) is 36.5 Å². The number of nitrogens with one attached hydrogen (secondary N) is 2. The number of halogens is 1. The van der Waals surface area contributed by atoms with Crippen LogP contribution >= 0.6 is 0 Å². The summed E-state index contributed by atoms with van der Waals surface area (Å²) in [5.41, 5.74) is 2.63. The van der Waals surface area contributed by atoms with E-state index in [1.165, 1.54) is 6.07 Å². The number of aromatic amines is 2. The first-order valence-corrected chi connectivity index (χ1v) is 10.8. The molecule has 1 atom stereocenters. The molecule has 0 spiro atoms. The highest BCUT2D eigenvalue weighted by molar-refractivity contribution is 6.43. The molecule has 164 valence electrons. The Hall–Kier alpha value is -3.16. The maximum absolute atomic E-state index is 13.7. The minimum Gasteiger partial charge on any atom is -0.365 e. The molecule has 0 aliphatic carbocycles. The van der Waals surface area contributed by atoms with Crippen molar-refractivity contribution in [2.24, 2.45) is 0 Å². The van der Waals surface area contributed by atoms with Crippen molar-refractivity contribution in [3.05, 3.63) is 65.0 Å². The van der Waals surface area contributed by atoms with Gasteiger partial charge >= 0.3 is 0 Å². The van der Waals surface area contributed by atoms with Crippen molar-refractivity contribution < 1.29 is 14.0 Å². The number of hydrogen-bond donors (Lipinski definition) is 2. The Balaban J connectivity index is 1.54. The Morgan fingerprint density at radius 1 is 1.06 bits per heavy atom. The molecule has 0 radical (unpaired) electrons. The molecule has 0 amide bonds. The maximum Gasteiger partial charge on any atom is 0.269 e. The van der Waals surface area contributed by atoms with Gasteiger partial charge in [-0.1, -0.05) is 44.4 Å². The van der Waals surface area contributed by atoms with Gasteiger partial charge < -0.3 is 4.98 Å². The van der Waals surface area contributed by atoms with Gasteiger partial charge in [0.2, 0.25) is 11.6 Å². The first kappa shape index (κ1) is 22.5. The predicted octanol–water partition coefficient (Wildman–Crippen LogP) is 4.35. The summed E-state index contributed by atoms with van der Waals surface area (Å²) < 4.78 is 13.7. The zero-order valence-electron chi connectivity index (χ0n) is 17.7. The third-order valence-electron chi connectivity index (χ3n) is 5.52. The number of unbranched alkanes of at least 4 members (excludes halogenated alkanes) is 2. The average Bonchev–Trinajstić information content (AvgIpc) is 3.46. The number of aromatic nitrogens is 5. The van der Waals surface area contributed by atoms with Gasteiger partial charge in [-0.2, -0.15) is 5.21 Å². The standard InChI is InChI=1S/C23H28FN5O2/c1-2-8-17(11-5-3-4-9-16-10-6-7-12-19(16)24)21-18(13-14-25-21)15-20(30)22(31)23-26-28-29-27-23/h6-7,10,12-14,17,25H,2-5,8-9,11,15H2,1H3,(H,26,27,28,29). The van der Waals surface area contributed by atoms with Gasteiger partial charge in [0.1, 0.15) is 5.82 Å². The summed E-state index contributed by atoms with van der Waals surface area (Å²) in [5.74, 6) is -1.34. The van der Waals surface area contributed by atoms with Crippen LogP contribution in [0.1, 0.15) is 78.8 Å². The lowest BCUT2D eigenvalue weighted by Crippen LogP contribution is -2.19. The number of H-pyrrole nitrogens is 2. The molecule has 31 heavy (non-hydrogen) atoms. The molecule has 0 saturated heterocycles. The van der Waals surface area contributed by atoms with E-state index in [2.05, 4.69) is 32.5 Å². The van der Waals surface area contributed by atoms with Crippen molar-refractivity contribution in [1.29, 1.82) is 0 Å². The van der Waals surface area contributed by atoms with Crippen LogP contribution in [0.3, 0.4) is 0 Å². The summed E-state index contributed by atoms with van der Waals surface area (Å²) in [4.78, 5) is 27.8. The molecule has 1 aromatic carbocycles. The molecule has 2 aromatic heterocycles. The SMILES string of the molecule is CCCC(CCCCCc1ccccc1F)c1[nH]ccc1CC(=O)C(=O)c1nn[nH]n1. The van der Waals surface area contributed by atoms with E-state index in [4.69, 9.17) is 0 Å². The summed E-state index contributed by atoms with van der Waals surface area (Å²) in [6, 6.07) is 8.78. The molecule has 0 aliphatic rings. The molecular weight excluding hydrogens is 397 g/mol. The Labute approximate surface area is 180 Å². The van der Waals surface area contributed by atoms with E-state index >= 15 is 0 Å². The molecule has 1 unspecified atom stereocenters. The molecule has 0 aliphatic heterocycles. The van der Waals surface area contributed by atoms with Crippen molar-refractivity contribution in [3.63, 3.8) is 0 Å². The maximum atomic E-state index is 13.7. The lowest BCUT2D eigenvalue weighted by molar-refractivity contribution is -0.114. The number of nitrogens with zero attached hydrogens (tertiary/aromatic N) is 3. The molecule has 7 nitrogen and oxygen atoms in total. The number of rotatable bonds is 13. The zero-order valence-corrected chi connectivity index (χ0v) is 17.7. The fourth-order valence-electron chi connectivity index (χ4n) is 3.95. The second-order valence-electron chi connectivity index (χ2n) is 7.76. The van der Waals surface area contributed by atoms with Crippen LogP contribution in [-0.2, 0) is 17.6 Å². The Morgan fingerprint density at radius 2 is 1.90 bits per heavy atom. The number of aryl methyl sites for hydroxylation is 1. The molecule has 3 aromatic rings. The van der Waals surface area contributed by atoms with Gasteiger partial charge in [-0.15, -0.1) is 10.2 Å². The van der Waals surface area contributed by atoms with Crippen LogP contribution in [-0.4, -0.2) is 37.2 Å². The first-order valence-electron chi connectivity index (χ1n) is 10.8. The summed E-state index contributed by atoms with van der Waals surface area (Å²) in [5, 5.41) is 12.7. The van der Waals surface area contributed by atoms with Gasteiger partial charge in [0.15, 0.2) is 0 Å². The Kier molecular flexibility index (Phi) is 8.20. The van der Waals surface area contributed by atoms with Gasteiger partial charge in [0.25, 0.3) is 5.78 Å². The van der Waals surface area contributed by atoms with Crippen LogP contribution in [0, 0.1) is 5.82 Å². The topological polar surface area (TPSA) is 104 Å². The molecular formula is C23H28FN5O2. The van der Waals surface area contributed by atoms with Gasteiger partial charge in [0, 0.05) is 18.3 Å². The number of carbonyl (C=O) groups is 2. The Morgan fingerprint density at radius 3 is 2.65 bits per heavy atom. The van der Waals surface area contributed by atoms with E-state index in [1.54, 1.807) is 6.07 Å². The number of ketones is 2. The highest BCUT2D eigenvalue weighted by Crippen LogP contribution is 2.29. The highest BCUT2D eigenvalue weighted by Gasteiger charge is 2.24. The van der Waals surface area contributed by atoms with Gasteiger partial charge in [-0.3, -0.25) is 9.59 Å². The van der Waals surface area contributed by atoms with Gasteiger partial charge in [0.05, 0.1) is 0 Å².